The molecule has 0 saturated carbocycles. The summed E-state index contributed by atoms with van der Waals surface area (Å²) in [6.07, 6.45) is 2.45. The number of aromatic nitrogens is 3. The summed E-state index contributed by atoms with van der Waals surface area (Å²) in [4.78, 5) is 17.1. The van der Waals surface area contributed by atoms with E-state index in [4.69, 9.17) is 9.57 Å². The van der Waals surface area contributed by atoms with Crippen molar-refractivity contribution in [2.45, 2.75) is 9.79 Å². The van der Waals surface area contributed by atoms with Gasteiger partial charge < -0.3 is 20.3 Å². The van der Waals surface area contributed by atoms with Gasteiger partial charge in [-0.25, -0.2) is 0 Å². The number of benzene rings is 3. The van der Waals surface area contributed by atoms with Crippen molar-refractivity contribution in [1.29, 1.82) is 0 Å². The average molecular weight is 646 g/mol. The van der Waals surface area contributed by atoms with E-state index in [1.807, 2.05) is 0 Å². The first-order chi connectivity index (χ1) is 21.0. The fourth-order valence-corrected chi connectivity index (χ4v) is 5.39. The van der Waals surface area contributed by atoms with Crippen LogP contribution in [0.25, 0.3) is 12.2 Å². The quantitative estimate of drug-likeness (QED) is 0.0756. The minimum atomic E-state index is -5.02. The molecule has 0 atom stereocenters. The fourth-order valence-electron chi connectivity index (χ4n) is 3.86. The number of rotatable bonds is 14. The van der Waals surface area contributed by atoms with Crippen LogP contribution in [0.15, 0.2) is 82.6 Å². The lowest BCUT2D eigenvalue weighted by molar-refractivity contribution is 0.0891. The zero-order valence-corrected chi connectivity index (χ0v) is 24.4. The van der Waals surface area contributed by atoms with Crippen molar-refractivity contribution in [3.63, 3.8) is 0 Å². The lowest BCUT2D eigenvalue weighted by Gasteiger charge is -2.24. The number of nitrogens with zero attached hydrogens (tertiary/aromatic N) is 4. The second kappa shape index (κ2) is 14.3. The summed E-state index contributed by atoms with van der Waals surface area (Å²) >= 11 is 0. The van der Waals surface area contributed by atoms with E-state index >= 15 is 0 Å². The van der Waals surface area contributed by atoms with Crippen molar-refractivity contribution in [1.82, 2.24) is 15.0 Å². The lowest BCUT2D eigenvalue weighted by atomic mass is 10.1. The fraction of sp³-hybridized carbons (Fsp3) is 0.148. The van der Waals surface area contributed by atoms with Crippen LogP contribution in [-0.2, 0) is 25.1 Å². The van der Waals surface area contributed by atoms with Crippen LogP contribution in [0.5, 0.6) is 6.01 Å². The Morgan fingerprint density at radius 2 is 1.41 bits per heavy atom. The Kier molecular flexibility index (Phi) is 10.6. The Bertz CT molecular complexity index is 1840. The molecular weight excluding hydrogens is 618 g/mol. The second-order valence-electron chi connectivity index (χ2n) is 8.67. The number of ether oxygens (including phenoxy) is 1. The molecule has 0 saturated heterocycles. The second-order valence-corrected chi connectivity index (χ2v) is 11.4. The molecule has 0 bridgehead atoms. The van der Waals surface area contributed by atoms with Crippen molar-refractivity contribution in [2.24, 2.45) is 0 Å². The Hall–Kier alpha value is -4.49. The van der Waals surface area contributed by atoms with Gasteiger partial charge in [0, 0.05) is 5.69 Å². The molecule has 4 rings (SSSR count). The minimum absolute atomic E-state index is 0.0369. The minimum Gasteiger partial charge on any atom is -0.461 e. The van der Waals surface area contributed by atoms with E-state index in [0.717, 1.165) is 11.1 Å². The molecule has 17 heteroatoms. The van der Waals surface area contributed by atoms with Gasteiger partial charge in [-0.15, -0.1) is 0 Å². The Morgan fingerprint density at radius 3 is 2.09 bits per heavy atom. The first-order valence-electron chi connectivity index (χ1n) is 12.7. The summed E-state index contributed by atoms with van der Waals surface area (Å²) < 4.78 is 74.5. The van der Waals surface area contributed by atoms with Crippen molar-refractivity contribution in [2.75, 3.05) is 36.8 Å². The third kappa shape index (κ3) is 8.32. The Balaban J connectivity index is 1.88. The van der Waals surface area contributed by atoms with Crippen LogP contribution < -0.4 is 15.1 Å². The standard InChI is InChI=1S/C27H27N5O10S2/c33-15-17-41-27-30-25(28-21-9-2-1-3-10-21)29-26(31-27)32(42-18-16-34)22-11-6-8-20(24(22)44(38,39)40)14-13-19-7-4-5-12-23(19)43(35,36)37/h1-14,33-34H,15-18H2,(H,35,36,37)(H,38,39,40)(H,28,29,30,31). The highest BCUT2D eigenvalue weighted by Crippen LogP contribution is 2.35. The molecule has 0 amide bonds. The normalized spacial score (nSPS) is 11.9. The molecule has 5 N–H and O–H groups in total. The maximum absolute atomic E-state index is 12.8. The van der Waals surface area contributed by atoms with Gasteiger partial charge in [0.15, 0.2) is 0 Å². The third-order valence-electron chi connectivity index (χ3n) is 5.59. The van der Waals surface area contributed by atoms with Gasteiger partial charge in [-0.1, -0.05) is 60.7 Å². The number of hydrogen-bond acceptors (Lipinski definition) is 13. The number of aliphatic hydroxyl groups is 2. The predicted octanol–water partition coefficient (Wildman–Crippen LogP) is 2.71. The summed E-state index contributed by atoms with van der Waals surface area (Å²) in [5, 5.41) is 22.5. The zero-order valence-electron chi connectivity index (χ0n) is 22.8. The van der Waals surface area contributed by atoms with Crippen LogP contribution in [0, 0.1) is 0 Å². The highest BCUT2D eigenvalue weighted by molar-refractivity contribution is 7.86. The molecule has 1 aromatic heterocycles. The number of nitrogens with one attached hydrogen (secondary N) is 1. The molecule has 0 aliphatic rings. The Morgan fingerprint density at radius 1 is 0.750 bits per heavy atom. The van der Waals surface area contributed by atoms with Gasteiger partial charge in [0.1, 0.15) is 16.4 Å². The van der Waals surface area contributed by atoms with E-state index in [-0.39, 0.29) is 54.5 Å². The van der Waals surface area contributed by atoms with E-state index in [2.05, 4.69) is 20.3 Å². The molecule has 1 heterocycles. The van der Waals surface area contributed by atoms with Gasteiger partial charge in [0.25, 0.3) is 26.2 Å². The van der Waals surface area contributed by atoms with Crippen LogP contribution >= 0.6 is 0 Å². The highest BCUT2D eigenvalue weighted by Gasteiger charge is 2.27. The van der Waals surface area contributed by atoms with Crippen LogP contribution in [0.2, 0.25) is 0 Å². The van der Waals surface area contributed by atoms with Crippen LogP contribution in [0.3, 0.4) is 0 Å². The van der Waals surface area contributed by atoms with E-state index < -0.39 is 36.6 Å². The van der Waals surface area contributed by atoms with E-state index in [0.29, 0.717) is 5.69 Å². The third-order valence-corrected chi connectivity index (χ3v) is 7.48. The summed E-state index contributed by atoms with van der Waals surface area (Å²) in [5.74, 6) is -0.388. The zero-order chi connectivity index (χ0) is 31.7. The maximum Gasteiger partial charge on any atom is 0.323 e. The molecule has 0 aliphatic heterocycles. The smallest absolute Gasteiger partial charge is 0.323 e. The number of aliphatic hydroxyl groups excluding tert-OH is 2. The first kappa shape index (κ1) is 32.4. The molecule has 0 radical (unpaired) electrons. The van der Waals surface area contributed by atoms with E-state index in [1.54, 1.807) is 30.3 Å². The molecule has 0 fully saturated rings. The summed E-state index contributed by atoms with van der Waals surface area (Å²) in [6, 6.07) is 18.0. The van der Waals surface area contributed by atoms with E-state index in [1.165, 1.54) is 48.6 Å². The van der Waals surface area contributed by atoms with Gasteiger partial charge in [0.2, 0.25) is 5.95 Å². The molecule has 3 aromatic carbocycles. The van der Waals surface area contributed by atoms with Gasteiger partial charge in [-0.2, -0.15) is 36.9 Å². The summed E-state index contributed by atoms with van der Waals surface area (Å²) in [7, 11) is -9.63. The van der Waals surface area contributed by atoms with Gasteiger partial charge in [0.05, 0.1) is 25.5 Å². The van der Waals surface area contributed by atoms with Gasteiger partial charge in [-0.05, 0) is 35.4 Å². The van der Waals surface area contributed by atoms with Crippen LogP contribution in [0.4, 0.5) is 23.3 Å². The maximum atomic E-state index is 12.8. The van der Waals surface area contributed by atoms with Gasteiger partial charge in [-0.3, -0.25) is 13.9 Å². The molecular formula is C27H27N5O10S2. The summed E-state index contributed by atoms with van der Waals surface area (Å²) in [5.41, 5.74) is 0.212. The topological polar surface area (TPSA) is 222 Å². The lowest BCUT2D eigenvalue weighted by Crippen LogP contribution is -2.25. The van der Waals surface area contributed by atoms with Crippen molar-refractivity contribution in [3.8, 4) is 6.01 Å². The van der Waals surface area contributed by atoms with Gasteiger partial charge >= 0.3 is 6.01 Å². The number of anilines is 4. The largest absolute Gasteiger partial charge is 0.461 e. The van der Waals surface area contributed by atoms with Crippen molar-refractivity contribution in [3.05, 3.63) is 83.9 Å². The highest BCUT2D eigenvalue weighted by atomic mass is 32.2. The molecule has 15 nitrogen and oxygen atoms in total. The average Bonchev–Trinajstić information content (AvgIpc) is 2.99. The predicted molar refractivity (Wildman–Crippen MR) is 159 cm³/mol. The number of para-hydroxylation sites is 1. The first-order valence-corrected chi connectivity index (χ1v) is 15.6. The molecule has 232 valence electrons. The van der Waals surface area contributed by atoms with Crippen LogP contribution in [0.1, 0.15) is 11.1 Å². The number of hydrogen-bond donors (Lipinski definition) is 5. The van der Waals surface area contributed by atoms with E-state index in [9.17, 15) is 36.2 Å². The van der Waals surface area contributed by atoms with Crippen molar-refractivity contribution >= 4 is 55.7 Å². The molecule has 0 spiro atoms. The SMILES string of the molecule is O=S(=O)(O)c1ccccc1C=Cc1cccc(N(OCCO)c2nc(Nc3ccccc3)nc(OCCO)n2)c1S(=O)(=O)O. The molecule has 0 unspecified atom stereocenters. The monoisotopic (exact) mass is 645 g/mol. The van der Waals surface area contributed by atoms with Crippen LogP contribution in [-0.4, -0.2) is 77.5 Å². The van der Waals surface area contributed by atoms with Crippen molar-refractivity contribution < 1.29 is 45.7 Å². The molecule has 0 aliphatic carbocycles. The molecule has 44 heavy (non-hydrogen) atoms. The Labute approximate surface area is 252 Å². The molecule has 4 aromatic rings. The summed E-state index contributed by atoms with van der Waals surface area (Å²) in [6.45, 7) is -1.42.